The molecule has 0 unspecified atom stereocenters. The Kier molecular flexibility index (Phi) is 2.69. The molecule has 2 aliphatic heterocycles. The number of hydrogen-bond donors (Lipinski definition) is 0. The predicted octanol–water partition coefficient (Wildman–Crippen LogP) is 2.72. The van der Waals surface area contributed by atoms with Gasteiger partial charge in [-0.1, -0.05) is 18.2 Å². The number of ether oxygens (including phenoxy) is 1. The molecule has 4 nitrogen and oxygen atoms in total. The van der Waals surface area contributed by atoms with Gasteiger partial charge < -0.3 is 4.74 Å². The molecule has 7 rings (SSSR count). The van der Waals surface area contributed by atoms with E-state index < -0.39 is 23.2 Å². The summed E-state index contributed by atoms with van der Waals surface area (Å²) in [6.45, 7) is 0. The van der Waals surface area contributed by atoms with Gasteiger partial charge in [0.2, 0.25) is 0 Å². The Morgan fingerprint density at radius 3 is 2.24 bits per heavy atom. The first-order chi connectivity index (χ1) is 12.1. The van der Waals surface area contributed by atoms with E-state index in [2.05, 4.69) is 6.08 Å². The highest BCUT2D eigenvalue weighted by Crippen LogP contribution is 2.85. The molecular weight excluding hydrogens is 356 g/mol. The minimum absolute atomic E-state index is 0.0963. The zero-order valence-corrected chi connectivity index (χ0v) is 15.0. The van der Waals surface area contributed by atoms with Crippen LogP contribution in [0.4, 0.5) is 0 Å². The van der Waals surface area contributed by atoms with Gasteiger partial charge in [-0.15, -0.1) is 23.5 Å². The fourth-order valence-corrected chi connectivity index (χ4v) is 8.97. The van der Waals surface area contributed by atoms with Crippen molar-refractivity contribution in [2.45, 2.75) is 12.8 Å². The molecule has 2 saturated heterocycles. The van der Waals surface area contributed by atoms with E-state index in [1.165, 1.54) is 16.2 Å². The maximum Gasteiger partial charge on any atom is 0.318 e. The van der Waals surface area contributed by atoms with Crippen LogP contribution in [0.1, 0.15) is 12.8 Å². The molecule has 2 bridgehead atoms. The smallest absolute Gasteiger partial charge is 0.318 e. The lowest BCUT2D eigenvalue weighted by molar-refractivity contribution is -0.154. The van der Waals surface area contributed by atoms with Crippen LogP contribution in [0.5, 0.6) is 0 Å². The first-order valence-corrected chi connectivity index (χ1v) is 10.7. The number of carbonyl (C=O) groups is 3. The van der Waals surface area contributed by atoms with Crippen LogP contribution in [0.2, 0.25) is 0 Å². The van der Waals surface area contributed by atoms with Gasteiger partial charge in [0.05, 0.1) is 17.3 Å². The SMILES string of the molecule is O=C1OC(=O)[C@H]2[C@@H]1[C@H]1C=C[C@@H]2[C@]23C[C@]12C(=O)C=CC3=C1SCCCS1. The Morgan fingerprint density at radius 2 is 1.56 bits per heavy atom. The highest BCUT2D eigenvalue weighted by atomic mass is 32.2. The highest BCUT2D eigenvalue weighted by molar-refractivity contribution is 8.22. The molecule has 0 aromatic carbocycles. The summed E-state index contributed by atoms with van der Waals surface area (Å²) in [6, 6.07) is 0. The first-order valence-electron chi connectivity index (χ1n) is 8.78. The van der Waals surface area contributed by atoms with E-state index in [1.807, 2.05) is 35.7 Å². The Bertz CT molecular complexity index is 847. The minimum atomic E-state index is -0.521. The Morgan fingerprint density at radius 1 is 0.920 bits per heavy atom. The van der Waals surface area contributed by atoms with Gasteiger partial charge in [-0.3, -0.25) is 14.4 Å². The Balaban J connectivity index is 1.58. The molecule has 128 valence electrons. The predicted molar refractivity (Wildman–Crippen MR) is 94.4 cm³/mol. The number of cyclic esters (lactones) is 2. The van der Waals surface area contributed by atoms with Crippen LogP contribution in [0, 0.1) is 34.5 Å². The average Bonchev–Trinajstić information content (AvgIpc) is 3.30. The molecule has 25 heavy (non-hydrogen) atoms. The quantitative estimate of drug-likeness (QED) is 0.370. The second-order valence-electron chi connectivity index (χ2n) is 7.80. The number of thioether (sulfide) groups is 2. The van der Waals surface area contributed by atoms with Crippen molar-refractivity contribution < 1.29 is 19.1 Å². The lowest BCUT2D eigenvalue weighted by Gasteiger charge is -2.49. The summed E-state index contributed by atoms with van der Waals surface area (Å²) >= 11 is 3.75. The van der Waals surface area contributed by atoms with Crippen LogP contribution in [-0.4, -0.2) is 29.2 Å². The van der Waals surface area contributed by atoms with Crippen molar-refractivity contribution in [2.75, 3.05) is 11.5 Å². The molecule has 2 saturated carbocycles. The zero-order valence-electron chi connectivity index (χ0n) is 13.4. The van der Waals surface area contributed by atoms with Gasteiger partial charge in [0.1, 0.15) is 0 Å². The van der Waals surface area contributed by atoms with E-state index in [0.717, 1.165) is 17.9 Å². The molecular formula is C19H16O4S2. The van der Waals surface area contributed by atoms with E-state index in [1.54, 1.807) is 6.08 Å². The lowest BCUT2D eigenvalue weighted by Crippen LogP contribution is -2.53. The number of rotatable bonds is 0. The topological polar surface area (TPSA) is 60.4 Å². The van der Waals surface area contributed by atoms with Gasteiger partial charge in [-0.05, 0) is 36.0 Å². The van der Waals surface area contributed by atoms with Crippen LogP contribution in [0.25, 0.3) is 0 Å². The van der Waals surface area contributed by atoms with E-state index in [4.69, 9.17) is 4.74 Å². The summed E-state index contributed by atoms with van der Waals surface area (Å²) in [5.41, 5.74) is 0.425. The lowest BCUT2D eigenvalue weighted by atomic mass is 9.50. The van der Waals surface area contributed by atoms with Crippen molar-refractivity contribution in [3.05, 3.63) is 34.1 Å². The third kappa shape index (κ3) is 1.46. The maximum absolute atomic E-state index is 13.0. The zero-order chi connectivity index (χ0) is 17.0. The summed E-state index contributed by atoms with van der Waals surface area (Å²) in [6.07, 6.45) is 9.81. The van der Waals surface area contributed by atoms with Gasteiger partial charge in [0.25, 0.3) is 0 Å². The number of esters is 2. The summed E-state index contributed by atoms with van der Waals surface area (Å²) in [7, 11) is 0. The van der Waals surface area contributed by atoms with Crippen LogP contribution in [0.15, 0.2) is 34.1 Å². The molecule has 0 amide bonds. The van der Waals surface area contributed by atoms with Crippen molar-refractivity contribution in [3.8, 4) is 0 Å². The molecule has 7 aliphatic rings. The van der Waals surface area contributed by atoms with E-state index >= 15 is 0 Å². The molecule has 5 aliphatic carbocycles. The largest absolute Gasteiger partial charge is 0.393 e. The summed E-state index contributed by atoms with van der Waals surface area (Å²) in [5, 5.41) is 0. The van der Waals surface area contributed by atoms with Gasteiger partial charge in [0, 0.05) is 21.5 Å². The van der Waals surface area contributed by atoms with E-state index in [9.17, 15) is 14.4 Å². The average molecular weight is 372 g/mol. The molecule has 4 fully saturated rings. The molecule has 6 atom stereocenters. The Labute approximate surface area is 153 Å². The van der Waals surface area contributed by atoms with Gasteiger partial charge >= 0.3 is 11.9 Å². The van der Waals surface area contributed by atoms with E-state index in [-0.39, 0.29) is 29.0 Å². The third-order valence-electron chi connectivity index (χ3n) is 7.10. The summed E-state index contributed by atoms with van der Waals surface area (Å²) in [5.74, 6) is 0.349. The number of carbonyl (C=O) groups excluding carboxylic acids is 3. The standard InChI is InChI=1S/C19H16O4S2/c20-12-5-4-11(17-24-6-1-7-25-17)18-8-19(12,18)10-3-2-9(18)13-14(10)16(22)23-15(13)21/h2-5,9-10,13-14H,1,6-8H2/t9-,10+,13+,14-,18-,19+/m0/s1. The molecule has 0 spiro atoms. The summed E-state index contributed by atoms with van der Waals surface area (Å²) < 4.78 is 6.31. The first kappa shape index (κ1) is 14.9. The molecule has 2 heterocycles. The van der Waals surface area contributed by atoms with Gasteiger partial charge in [0.15, 0.2) is 5.78 Å². The number of ketones is 1. The third-order valence-corrected chi connectivity index (χ3v) is 9.75. The normalized spacial score (nSPS) is 49.0. The maximum atomic E-state index is 13.0. The fourth-order valence-electron chi connectivity index (χ4n) is 6.19. The number of allylic oxidation sites excluding steroid dienone is 5. The van der Waals surface area contributed by atoms with Crippen molar-refractivity contribution in [1.29, 1.82) is 0 Å². The fraction of sp³-hybridized carbons (Fsp3) is 0.526. The van der Waals surface area contributed by atoms with Crippen LogP contribution in [0.3, 0.4) is 0 Å². The highest BCUT2D eigenvalue weighted by Gasteiger charge is 2.86. The monoisotopic (exact) mass is 372 g/mol. The Hall–Kier alpha value is -1.27. The van der Waals surface area contributed by atoms with Crippen LogP contribution in [-0.2, 0) is 19.1 Å². The van der Waals surface area contributed by atoms with Gasteiger partial charge in [-0.2, -0.15) is 0 Å². The second kappa shape index (κ2) is 4.52. The second-order valence-corrected chi connectivity index (χ2v) is 10.3. The van der Waals surface area contributed by atoms with Gasteiger partial charge in [-0.25, -0.2) is 0 Å². The molecule has 6 heteroatoms. The van der Waals surface area contributed by atoms with Crippen molar-refractivity contribution in [2.24, 2.45) is 34.5 Å². The van der Waals surface area contributed by atoms with Crippen molar-refractivity contribution in [3.63, 3.8) is 0 Å². The van der Waals surface area contributed by atoms with Crippen molar-refractivity contribution >= 4 is 41.2 Å². The summed E-state index contributed by atoms with van der Waals surface area (Å²) in [4.78, 5) is 37.7. The van der Waals surface area contributed by atoms with Crippen LogP contribution >= 0.6 is 23.5 Å². The minimum Gasteiger partial charge on any atom is -0.393 e. The molecule has 0 radical (unpaired) electrons. The number of hydrogen-bond acceptors (Lipinski definition) is 6. The van der Waals surface area contributed by atoms with Crippen LogP contribution < -0.4 is 0 Å². The molecule has 0 aromatic heterocycles. The van der Waals surface area contributed by atoms with E-state index in [0.29, 0.717) is 0 Å². The molecule has 0 N–H and O–H groups in total. The van der Waals surface area contributed by atoms with Crippen molar-refractivity contribution in [1.82, 2.24) is 0 Å². The molecule has 0 aromatic rings.